The number of benzene rings is 2. The first-order valence-corrected chi connectivity index (χ1v) is 10.5. The average molecular weight is 418 g/mol. The summed E-state index contributed by atoms with van der Waals surface area (Å²) in [6.07, 6.45) is 1.51. The Morgan fingerprint density at radius 2 is 1.68 bits per heavy atom. The van der Waals surface area contributed by atoms with Gasteiger partial charge in [0.05, 0.1) is 6.26 Å². The van der Waals surface area contributed by atoms with Crippen LogP contribution >= 0.6 is 0 Å². The Balaban J connectivity index is 1.52. The van der Waals surface area contributed by atoms with Gasteiger partial charge >= 0.3 is 0 Å². The summed E-state index contributed by atoms with van der Waals surface area (Å²) in [5, 5.41) is 3.13. The number of anilines is 1. The summed E-state index contributed by atoms with van der Waals surface area (Å²) >= 11 is 0. The first kappa shape index (κ1) is 20.9. The molecule has 2 aromatic carbocycles. The Labute approximate surface area is 182 Å². The highest BCUT2D eigenvalue weighted by Gasteiger charge is 2.32. The number of furan rings is 1. The van der Waals surface area contributed by atoms with Crippen molar-refractivity contribution in [1.82, 2.24) is 9.80 Å². The molecule has 160 valence electrons. The Kier molecular flexibility index (Phi) is 6.18. The zero-order valence-electron chi connectivity index (χ0n) is 17.9. The van der Waals surface area contributed by atoms with E-state index in [9.17, 15) is 9.59 Å². The molecule has 1 atom stereocenters. The fourth-order valence-corrected chi connectivity index (χ4v) is 3.97. The third-order valence-corrected chi connectivity index (χ3v) is 5.71. The van der Waals surface area contributed by atoms with Gasteiger partial charge in [-0.1, -0.05) is 42.5 Å². The van der Waals surface area contributed by atoms with Crippen LogP contribution in [0.2, 0.25) is 0 Å². The summed E-state index contributed by atoms with van der Waals surface area (Å²) in [5.41, 5.74) is 3.90. The predicted octanol–water partition coefficient (Wildman–Crippen LogP) is 4.03. The molecule has 0 saturated carbocycles. The number of nitrogens with zero attached hydrogens (tertiary/aromatic N) is 2. The molecule has 1 aliphatic heterocycles. The summed E-state index contributed by atoms with van der Waals surface area (Å²) in [6.45, 7) is 6.29. The normalized spacial score (nSPS) is 15.5. The van der Waals surface area contributed by atoms with Crippen LogP contribution in [0.1, 0.15) is 33.3 Å². The molecule has 6 nitrogen and oxygen atoms in total. The summed E-state index contributed by atoms with van der Waals surface area (Å²) in [5.74, 6) is 0.173. The van der Waals surface area contributed by atoms with Gasteiger partial charge in [-0.3, -0.25) is 14.5 Å². The van der Waals surface area contributed by atoms with E-state index in [4.69, 9.17) is 4.42 Å². The van der Waals surface area contributed by atoms with Gasteiger partial charge in [-0.2, -0.15) is 0 Å². The molecule has 0 bridgehead atoms. The molecule has 0 aliphatic carbocycles. The van der Waals surface area contributed by atoms with E-state index < -0.39 is 6.04 Å². The average Bonchev–Trinajstić information content (AvgIpc) is 3.32. The van der Waals surface area contributed by atoms with E-state index >= 15 is 0 Å². The maximum atomic E-state index is 13.4. The molecule has 3 aromatic rings. The van der Waals surface area contributed by atoms with Crippen molar-refractivity contribution in [3.05, 3.63) is 89.4 Å². The fourth-order valence-electron chi connectivity index (χ4n) is 3.97. The van der Waals surface area contributed by atoms with Crippen molar-refractivity contribution in [3.63, 3.8) is 0 Å². The molecule has 1 unspecified atom stereocenters. The highest BCUT2D eigenvalue weighted by atomic mass is 16.3. The molecule has 1 fully saturated rings. The van der Waals surface area contributed by atoms with Gasteiger partial charge in [0, 0.05) is 31.9 Å². The van der Waals surface area contributed by atoms with Gasteiger partial charge in [0.1, 0.15) is 6.04 Å². The number of hydrogen-bond acceptors (Lipinski definition) is 4. The van der Waals surface area contributed by atoms with Gasteiger partial charge in [0.2, 0.25) is 5.91 Å². The number of nitrogens with one attached hydrogen (secondary N) is 1. The van der Waals surface area contributed by atoms with E-state index in [1.165, 1.54) is 6.26 Å². The van der Waals surface area contributed by atoms with Gasteiger partial charge in [-0.15, -0.1) is 0 Å². The van der Waals surface area contributed by atoms with Gasteiger partial charge in [-0.05, 0) is 48.7 Å². The van der Waals surface area contributed by atoms with Crippen LogP contribution in [0.5, 0.6) is 0 Å². The number of aryl methyl sites for hydroxylation is 2. The predicted molar refractivity (Wildman–Crippen MR) is 120 cm³/mol. The first-order valence-electron chi connectivity index (χ1n) is 10.5. The zero-order valence-corrected chi connectivity index (χ0v) is 17.9. The highest BCUT2D eigenvalue weighted by Crippen LogP contribution is 2.26. The van der Waals surface area contributed by atoms with Gasteiger partial charge in [0.15, 0.2) is 5.76 Å². The Bertz CT molecular complexity index is 1040. The van der Waals surface area contributed by atoms with Crippen LogP contribution < -0.4 is 5.32 Å². The van der Waals surface area contributed by atoms with Crippen molar-refractivity contribution in [3.8, 4) is 0 Å². The van der Waals surface area contributed by atoms with Gasteiger partial charge in [0.25, 0.3) is 5.91 Å². The summed E-state index contributed by atoms with van der Waals surface area (Å²) < 4.78 is 5.25. The Morgan fingerprint density at radius 1 is 0.935 bits per heavy atom. The standard InChI is InChI=1S/C25H27N3O3/c1-18-10-11-19(2)21(17-18)26-24(29)23(20-7-4-3-5-8-20)27-12-14-28(15-13-27)25(30)22-9-6-16-31-22/h3-11,16-17,23H,12-15H2,1-2H3,(H,26,29). The molecular weight excluding hydrogens is 390 g/mol. The topological polar surface area (TPSA) is 65.8 Å². The Hall–Kier alpha value is -3.38. The van der Waals surface area contributed by atoms with E-state index in [1.54, 1.807) is 17.0 Å². The number of carbonyl (C=O) groups is 2. The molecular formula is C25H27N3O3. The van der Waals surface area contributed by atoms with Crippen molar-refractivity contribution in [2.45, 2.75) is 19.9 Å². The van der Waals surface area contributed by atoms with Crippen LogP contribution in [0.3, 0.4) is 0 Å². The number of hydrogen-bond donors (Lipinski definition) is 1. The lowest BCUT2D eigenvalue weighted by molar-refractivity contribution is -0.122. The lowest BCUT2D eigenvalue weighted by Gasteiger charge is -2.38. The third kappa shape index (κ3) is 4.70. The maximum absolute atomic E-state index is 13.4. The van der Waals surface area contributed by atoms with E-state index in [-0.39, 0.29) is 11.8 Å². The van der Waals surface area contributed by atoms with Crippen LogP contribution in [0.4, 0.5) is 5.69 Å². The summed E-state index contributed by atoms with van der Waals surface area (Å²) in [6, 6.07) is 18.8. The molecule has 31 heavy (non-hydrogen) atoms. The molecule has 2 amide bonds. The number of carbonyl (C=O) groups excluding carboxylic acids is 2. The molecule has 0 spiro atoms. The van der Waals surface area contributed by atoms with Crippen molar-refractivity contribution in [1.29, 1.82) is 0 Å². The van der Waals surface area contributed by atoms with Crippen LogP contribution in [-0.2, 0) is 4.79 Å². The van der Waals surface area contributed by atoms with Crippen LogP contribution in [0, 0.1) is 13.8 Å². The second-order valence-corrected chi connectivity index (χ2v) is 7.93. The number of piperazine rings is 1. The molecule has 1 saturated heterocycles. The SMILES string of the molecule is Cc1ccc(C)c(NC(=O)C(c2ccccc2)N2CCN(C(=O)c3ccco3)CC2)c1. The van der Waals surface area contributed by atoms with Crippen LogP contribution in [0.15, 0.2) is 71.3 Å². The molecule has 2 heterocycles. The first-order chi connectivity index (χ1) is 15.0. The summed E-state index contributed by atoms with van der Waals surface area (Å²) in [4.78, 5) is 29.9. The van der Waals surface area contributed by atoms with Crippen molar-refractivity contribution >= 4 is 17.5 Å². The summed E-state index contributed by atoms with van der Waals surface area (Å²) in [7, 11) is 0. The molecule has 0 radical (unpaired) electrons. The molecule has 4 rings (SSSR count). The van der Waals surface area contributed by atoms with E-state index in [0.29, 0.717) is 31.9 Å². The van der Waals surface area contributed by atoms with Crippen molar-refractivity contribution in [2.75, 3.05) is 31.5 Å². The van der Waals surface area contributed by atoms with E-state index in [0.717, 1.165) is 22.4 Å². The second-order valence-electron chi connectivity index (χ2n) is 7.93. The molecule has 1 N–H and O–H groups in total. The minimum absolute atomic E-state index is 0.0642. The fraction of sp³-hybridized carbons (Fsp3) is 0.280. The Morgan fingerprint density at radius 3 is 2.35 bits per heavy atom. The van der Waals surface area contributed by atoms with E-state index in [2.05, 4.69) is 10.2 Å². The van der Waals surface area contributed by atoms with Crippen molar-refractivity contribution < 1.29 is 14.0 Å². The lowest BCUT2D eigenvalue weighted by Crippen LogP contribution is -2.51. The smallest absolute Gasteiger partial charge is 0.289 e. The lowest BCUT2D eigenvalue weighted by atomic mass is 10.0. The minimum Gasteiger partial charge on any atom is -0.459 e. The highest BCUT2D eigenvalue weighted by molar-refractivity contribution is 5.96. The van der Waals surface area contributed by atoms with Crippen molar-refractivity contribution in [2.24, 2.45) is 0 Å². The largest absolute Gasteiger partial charge is 0.459 e. The van der Waals surface area contributed by atoms with Gasteiger partial charge < -0.3 is 14.6 Å². The maximum Gasteiger partial charge on any atom is 0.289 e. The second kappa shape index (κ2) is 9.18. The third-order valence-electron chi connectivity index (χ3n) is 5.71. The monoisotopic (exact) mass is 417 g/mol. The van der Waals surface area contributed by atoms with Crippen LogP contribution in [0.25, 0.3) is 0 Å². The number of amides is 2. The van der Waals surface area contributed by atoms with Gasteiger partial charge in [-0.25, -0.2) is 0 Å². The minimum atomic E-state index is -0.429. The van der Waals surface area contributed by atoms with E-state index in [1.807, 2.05) is 62.4 Å². The number of rotatable bonds is 5. The molecule has 6 heteroatoms. The van der Waals surface area contributed by atoms with Crippen LogP contribution in [-0.4, -0.2) is 47.8 Å². The molecule has 1 aliphatic rings. The zero-order chi connectivity index (χ0) is 21.8. The molecule has 1 aromatic heterocycles. The quantitative estimate of drug-likeness (QED) is 0.681.